The molecule has 1 heterocycles. The van der Waals surface area contributed by atoms with Crippen LogP contribution in [0, 0.1) is 0 Å². The van der Waals surface area contributed by atoms with Crippen molar-refractivity contribution in [2.75, 3.05) is 0 Å². The molecule has 4 heteroatoms. The zero-order valence-corrected chi connectivity index (χ0v) is 9.71. The van der Waals surface area contributed by atoms with Gasteiger partial charge in [0.1, 0.15) is 6.61 Å². The molecule has 0 radical (unpaired) electrons. The van der Waals surface area contributed by atoms with Crippen LogP contribution in [-0.4, -0.2) is 15.2 Å². The number of fused-ring (bicyclic) bond motifs is 1. The summed E-state index contributed by atoms with van der Waals surface area (Å²) in [6.07, 6.45) is 0.581. The zero-order chi connectivity index (χ0) is 12.4. The van der Waals surface area contributed by atoms with Gasteiger partial charge in [-0.1, -0.05) is 47.6 Å². The molecule has 0 saturated carbocycles. The van der Waals surface area contributed by atoms with E-state index in [1.54, 1.807) is 0 Å². The average Bonchev–Trinajstić information content (AvgIpc) is 2.86. The molecule has 0 bridgehead atoms. The van der Waals surface area contributed by atoms with Gasteiger partial charge < -0.3 is 9.63 Å². The Bertz CT molecular complexity index is 676. The number of hydrogen-bond acceptors (Lipinski definition) is 4. The van der Waals surface area contributed by atoms with Crippen molar-refractivity contribution >= 4 is 10.8 Å². The second-order valence-corrected chi connectivity index (χ2v) is 4.12. The molecule has 90 valence electrons. The minimum absolute atomic E-state index is 0.193. The van der Waals surface area contributed by atoms with Gasteiger partial charge in [0.15, 0.2) is 5.82 Å². The van der Waals surface area contributed by atoms with E-state index in [-0.39, 0.29) is 6.61 Å². The summed E-state index contributed by atoms with van der Waals surface area (Å²) in [6, 6.07) is 14.4. The van der Waals surface area contributed by atoms with Crippen molar-refractivity contribution in [3.8, 4) is 0 Å². The highest BCUT2D eigenvalue weighted by molar-refractivity contribution is 5.83. The highest BCUT2D eigenvalue weighted by Gasteiger charge is 2.06. The smallest absolute Gasteiger partial charge is 0.231 e. The minimum atomic E-state index is -0.193. The first-order chi connectivity index (χ1) is 8.85. The molecule has 1 aromatic heterocycles. The largest absolute Gasteiger partial charge is 0.388 e. The summed E-state index contributed by atoms with van der Waals surface area (Å²) in [4.78, 5) is 4.08. The monoisotopic (exact) mass is 240 g/mol. The van der Waals surface area contributed by atoms with Gasteiger partial charge in [0, 0.05) is 0 Å². The molecule has 0 amide bonds. The molecule has 4 nitrogen and oxygen atoms in total. The third kappa shape index (κ3) is 2.10. The van der Waals surface area contributed by atoms with Gasteiger partial charge >= 0.3 is 0 Å². The Morgan fingerprint density at radius 1 is 1.06 bits per heavy atom. The summed E-state index contributed by atoms with van der Waals surface area (Å²) in [6.45, 7) is -0.193. The lowest BCUT2D eigenvalue weighted by Crippen LogP contribution is -1.90. The van der Waals surface area contributed by atoms with Crippen molar-refractivity contribution in [1.82, 2.24) is 10.1 Å². The Hall–Kier alpha value is -2.20. The predicted molar refractivity (Wildman–Crippen MR) is 67.0 cm³/mol. The number of aliphatic hydroxyl groups is 1. The standard InChI is InChI=1S/C14H12N2O2/c17-9-13-15-14(18-16-13)8-10-5-6-11-3-1-2-4-12(11)7-10/h1-7,17H,8-9H2. The van der Waals surface area contributed by atoms with E-state index in [1.807, 2.05) is 18.2 Å². The summed E-state index contributed by atoms with van der Waals surface area (Å²) in [7, 11) is 0. The van der Waals surface area contributed by atoms with Crippen LogP contribution in [0.25, 0.3) is 10.8 Å². The summed E-state index contributed by atoms with van der Waals surface area (Å²) >= 11 is 0. The lowest BCUT2D eigenvalue weighted by atomic mass is 10.1. The van der Waals surface area contributed by atoms with Crippen molar-refractivity contribution in [3.05, 3.63) is 59.7 Å². The van der Waals surface area contributed by atoms with E-state index in [4.69, 9.17) is 9.63 Å². The molecular weight excluding hydrogens is 228 g/mol. The minimum Gasteiger partial charge on any atom is -0.388 e. The molecule has 3 aromatic rings. The fourth-order valence-corrected chi connectivity index (χ4v) is 1.95. The molecule has 0 fully saturated rings. The van der Waals surface area contributed by atoms with Crippen molar-refractivity contribution in [1.29, 1.82) is 0 Å². The van der Waals surface area contributed by atoms with E-state index in [1.165, 1.54) is 10.8 Å². The van der Waals surface area contributed by atoms with Crippen LogP contribution in [0.5, 0.6) is 0 Å². The Kier molecular flexibility index (Phi) is 2.78. The lowest BCUT2D eigenvalue weighted by Gasteiger charge is -2.00. The number of rotatable bonds is 3. The predicted octanol–water partition coefficient (Wildman–Crippen LogP) is 2.31. The Balaban J connectivity index is 1.90. The quantitative estimate of drug-likeness (QED) is 0.763. The van der Waals surface area contributed by atoms with Gasteiger partial charge in [-0.3, -0.25) is 0 Å². The molecule has 2 aromatic carbocycles. The van der Waals surface area contributed by atoms with Crippen molar-refractivity contribution < 1.29 is 9.63 Å². The van der Waals surface area contributed by atoms with Gasteiger partial charge in [0.05, 0.1) is 6.42 Å². The molecule has 0 atom stereocenters. The van der Waals surface area contributed by atoms with E-state index in [2.05, 4.69) is 34.4 Å². The highest BCUT2D eigenvalue weighted by Crippen LogP contribution is 2.17. The van der Waals surface area contributed by atoms with E-state index in [9.17, 15) is 0 Å². The molecule has 0 aliphatic carbocycles. The molecule has 3 rings (SSSR count). The normalized spacial score (nSPS) is 10.9. The average molecular weight is 240 g/mol. The molecule has 1 N–H and O–H groups in total. The first-order valence-electron chi connectivity index (χ1n) is 5.75. The lowest BCUT2D eigenvalue weighted by molar-refractivity contribution is 0.263. The third-order valence-electron chi connectivity index (χ3n) is 2.82. The fourth-order valence-electron chi connectivity index (χ4n) is 1.95. The molecule has 18 heavy (non-hydrogen) atoms. The van der Waals surface area contributed by atoms with E-state index in [0.717, 1.165) is 5.56 Å². The Morgan fingerprint density at radius 2 is 1.89 bits per heavy atom. The van der Waals surface area contributed by atoms with E-state index >= 15 is 0 Å². The van der Waals surface area contributed by atoms with Gasteiger partial charge in [-0.05, 0) is 16.3 Å². The fraction of sp³-hybridized carbons (Fsp3) is 0.143. The van der Waals surface area contributed by atoms with Gasteiger partial charge in [-0.25, -0.2) is 0 Å². The Labute approximate surface area is 104 Å². The summed E-state index contributed by atoms with van der Waals surface area (Å²) in [5, 5.41) is 14.9. The maximum absolute atomic E-state index is 8.87. The molecule has 0 saturated heterocycles. The topological polar surface area (TPSA) is 59.2 Å². The van der Waals surface area contributed by atoms with Crippen LogP contribution in [0.1, 0.15) is 17.3 Å². The van der Waals surface area contributed by atoms with Gasteiger partial charge in [-0.15, -0.1) is 0 Å². The van der Waals surface area contributed by atoms with E-state index < -0.39 is 0 Å². The van der Waals surface area contributed by atoms with Crippen LogP contribution in [0.4, 0.5) is 0 Å². The van der Waals surface area contributed by atoms with Gasteiger partial charge in [0.2, 0.25) is 5.89 Å². The maximum atomic E-state index is 8.87. The molecule has 0 spiro atoms. The van der Waals surface area contributed by atoms with E-state index in [0.29, 0.717) is 18.1 Å². The second kappa shape index (κ2) is 4.58. The van der Waals surface area contributed by atoms with Crippen LogP contribution < -0.4 is 0 Å². The number of hydrogen-bond donors (Lipinski definition) is 1. The van der Waals surface area contributed by atoms with Crippen molar-refractivity contribution in [2.45, 2.75) is 13.0 Å². The molecule has 0 aliphatic heterocycles. The first-order valence-corrected chi connectivity index (χ1v) is 5.75. The van der Waals surface area contributed by atoms with Crippen LogP contribution >= 0.6 is 0 Å². The first kappa shape index (κ1) is 10.9. The SMILES string of the molecule is OCc1noc(Cc2ccc3ccccc3c2)n1. The van der Waals surface area contributed by atoms with Crippen LogP contribution in [-0.2, 0) is 13.0 Å². The summed E-state index contributed by atoms with van der Waals surface area (Å²) < 4.78 is 5.05. The second-order valence-electron chi connectivity index (χ2n) is 4.12. The van der Waals surface area contributed by atoms with Crippen molar-refractivity contribution in [3.63, 3.8) is 0 Å². The zero-order valence-electron chi connectivity index (χ0n) is 9.71. The van der Waals surface area contributed by atoms with Crippen LogP contribution in [0.15, 0.2) is 47.0 Å². The highest BCUT2D eigenvalue weighted by atomic mass is 16.5. The Morgan fingerprint density at radius 3 is 2.67 bits per heavy atom. The summed E-state index contributed by atoms with van der Waals surface area (Å²) in [5.41, 5.74) is 1.11. The van der Waals surface area contributed by atoms with Gasteiger partial charge in [0.25, 0.3) is 0 Å². The van der Waals surface area contributed by atoms with Gasteiger partial charge in [-0.2, -0.15) is 4.98 Å². The van der Waals surface area contributed by atoms with Crippen molar-refractivity contribution in [2.24, 2.45) is 0 Å². The third-order valence-corrected chi connectivity index (χ3v) is 2.82. The molecule has 0 unspecified atom stereocenters. The number of aliphatic hydroxyl groups excluding tert-OH is 1. The molecular formula is C14H12N2O2. The number of nitrogens with zero attached hydrogens (tertiary/aromatic N) is 2. The van der Waals surface area contributed by atoms with Crippen LogP contribution in [0.3, 0.4) is 0 Å². The number of aromatic nitrogens is 2. The number of benzene rings is 2. The van der Waals surface area contributed by atoms with Crippen LogP contribution in [0.2, 0.25) is 0 Å². The molecule has 0 aliphatic rings. The summed E-state index contributed by atoms with van der Waals surface area (Å²) in [5.74, 6) is 0.847. The maximum Gasteiger partial charge on any atom is 0.231 e.